The van der Waals surface area contributed by atoms with Gasteiger partial charge in [0.15, 0.2) is 16.6 Å². The van der Waals surface area contributed by atoms with E-state index < -0.39 is 157 Å². The SMILES string of the molecule is CCc1cc(N=Nc2c(S(=O)(=O)O)cc3c(S(=O)(=O)O)c(N)c(/N=N/c4ccc(S(=O)(=O)C(C)OS(=O)(=O)O)cc4S(=O)(=O)O)cc3c2O)c(OC)cc1S(=O)(=O)C(C)OS(=O)(=O)O. The minimum Gasteiger partial charge on any atom is -0.505 e. The van der Waals surface area contributed by atoms with Crippen LogP contribution in [0, 0.1) is 0 Å². The molecule has 0 spiro atoms. The Balaban J connectivity index is 2.00. The first-order valence-corrected chi connectivity index (χ1v) is 26.6. The van der Waals surface area contributed by atoms with Crippen LogP contribution in [0.3, 0.4) is 0 Å². The van der Waals surface area contributed by atoms with E-state index in [9.17, 15) is 77.7 Å². The van der Waals surface area contributed by atoms with Crippen LogP contribution < -0.4 is 10.5 Å². The normalized spacial score (nSPS) is 14.6. The number of phenolic OH excluding ortho intramolecular Hbond substituents is 1. The van der Waals surface area contributed by atoms with Crippen LogP contribution in [0.2, 0.25) is 0 Å². The number of nitrogens with zero attached hydrogens (tertiary/aromatic N) is 4. The molecule has 4 rings (SSSR count). The third kappa shape index (κ3) is 11.3. The summed E-state index contributed by atoms with van der Waals surface area (Å²) in [6.45, 7) is 2.87. The van der Waals surface area contributed by atoms with Crippen molar-refractivity contribution < 1.29 is 99.9 Å². The van der Waals surface area contributed by atoms with Crippen molar-refractivity contribution >= 4 is 110 Å². The smallest absolute Gasteiger partial charge is 0.398 e. The maximum atomic E-state index is 13.2. The largest absolute Gasteiger partial charge is 0.505 e. The van der Waals surface area contributed by atoms with Crippen molar-refractivity contribution in [3.05, 3.63) is 48.0 Å². The predicted molar refractivity (Wildman–Crippen MR) is 215 cm³/mol. The number of rotatable bonds is 17. The second-order valence-corrected chi connectivity index (χ2v) is 23.2. The van der Waals surface area contributed by atoms with Crippen molar-refractivity contribution in [1.82, 2.24) is 0 Å². The summed E-state index contributed by atoms with van der Waals surface area (Å²) in [4.78, 5) is -5.71. The fraction of sp³-hybridized carbons (Fsp3) is 0.241. The number of hydrogen-bond donors (Lipinski definition) is 7. The molecule has 0 aromatic heterocycles. The Morgan fingerprint density at radius 3 is 1.59 bits per heavy atom. The zero-order valence-electron chi connectivity index (χ0n) is 32.3. The van der Waals surface area contributed by atoms with Crippen molar-refractivity contribution in [2.45, 2.75) is 62.5 Å². The number of aromatic hydroxyl groups is 1. The number of aryl methyl sites for hydroxylation is 1. The number of nitrogens with two attached hydrogens (primary N) is 1. The maximum Gasteiger partial charge on any atom is 0.398 e. The van der Waals surface area contributed by atoms with E-state index in [2.05, 4.69) is 28.8 Å². The third-order valence-electron chi connectivity index (χ3n) is 8.36. The molecule has 2 unspecified atom stereocenters. The molecular formula is C29H31N5O23S7. The van der Waals surface area contributed by atoms with Gasteiger partial charge in [0.1, 0.15) is 43.2 Å². The lowest BCUT2D eigenvalue weighted by atomic mass is 10.1. The van der Waals surface area contributed by atoms with Gasteiger partial charge >= 0.3 is 20.8 Å². The Labute approximate surface area is 363 Å². The lowest BCUT2D eigenvalue weighted by Gasteiger charge is -2.16. The van der Waals surface area contributed by atoms with Crippen LogP contribution in [-0.2, 0) is 85.6 Å². The van der Waals surface area contributed by atoms with Crippen molar-refractivity contribution in [2.75, 3.05) is 12.8 Å². The van der Waals surface area contributed by atoms with Crippen LogP contribution in [0.5, 0.6) is 11.5 Å². The summed E-state index contributed by atoms with van der Waals surface area (Å²) in [5.74, 6) is -1.80. The average Bonchev–Trinajstić information content (AvgIpc) is 3.13. The molecule has 0 radical (unpaired) electrons. The molecule has 352 valence electrons. The second-order valence-electron chi connectivity index (χ2n) is 12.5. The number of sulfone groups is 2. The highest BCUT2D eigenvalue weighted by Crippen LogP contribution is 2.48. The van der Waals surface area contributed by atoms with Gasteiger partial charge in [-0.2, -0.15) is 42.1 Å². The molecule has 0 aliphatic rings. The van der Waals surface area contributed by atoms with E-state index in [0.717, 1.165) is 26.2 Å². The van der Waals surface area contributed by atoms with Gasteiger partial charge in [0, 0.05) is 16.8 Å². The summed E-state index contributed by atoms with van der Waals surface area (Å²) in [5.41, 5.74) is -3.17. The Morgan fingerprint density at radius 1 is 0.594 bits per heavy atom. The van der Waals surface area contributed by atoms with Gasteiger partial charge in [-0.25, -0.2) is 25.2 Å². The summed E-state index contributed by atoms with van der Waals surface area (Å²) < 4.78 is 233. The molecule has 4 aromatic carbocycles. The van der Waals surface area contributed by atoms with Gasteiger partial charge in [-0.3, -0.25) is 22.8 Å². The molecule has 0 bridgehead atoms. The number of nitrogen functional groups attached to an aromatic ring is 1. The second kappa shape index (κ2) is 17.8. The van der Waals surface area contributed by atoms with Gasteiger partial charge in [0.25, 0.3) is 30.4 Å². The van der Waals surface area contributed by atoms with Gasteiger partial charge in [0.05, 0.1) is 22.6 Å². The highest BCUT2D eigenvalue weighted by Gasteiger charge is 2.34. The number of methoxy groups -OCH3 is 1. The molecule has 8 N–H and O–H groups in total. The fourth-order valence-corrected chi connectivity index (χ4v) is 11.9. The minimum atomic E-state index is -5.60. The van der Waals surface area contributed by atoms with Crippen molar-refractivity contribution in [3.8, 4) is 11.5 Å². The molecule has 0 heterocycles. The summed E-state index contributed by atoms with van der Waals surface area (Å²) in [5, 5.41) is 24.3. The van der Waals surface area contributed by atoms with Gasteiger partial charge in [-0.15, -0.1) is 20.5 Å². The van der Waals surface area contributed by atoms with E-state index in [4.69, 9.17) is 19.6 Å². The molecular weight excluding hydrogens is 1010 g/mol. The van der Waals surface area contributed by atoms with Gasteiger partial charge < -0.3 is 15.6 Å². The zero-order valence-corrected chi connectivity index (χ0v) is 38.0. The van der Waals surface area contributed by atoms with E-state index in [-0.39, 0.29) is 18.1 Å². The molecule has 2 atom stereocenters. The predicted octanol–water partition coefficient (Wildman–Crippen LogP) is 3.15. The van der Waals surface area contributed by atoms with E-state index >= 15 is 0 Å². The van der Waals surface area contributed by atoms with Gasteiger partial charge in [-0.1, -0.05) is 6.92 Å². The molecule has 0 aliphatic heterocycles. The minimum absolute atomic E-state index is 0.115. The van der Waals surface area contributed by atoms with Crippen LogP contribution in [0.4, 0.5) is 28.4 Å². The number of fused-ring (bicyclic) bond motifs is 1. The van der Waals surface area contributed by atoms with Crippen LogP contribution in [0.25, 0.3) is 10.8 Å². The monoisotopic (exact) mass is 1040 g/mol. The summed E-state index contributed by atoms with van der Waals surface area (Å²) in [6, 6.07) is 4.32. The average molecular weight is 1040 g/mol. The van der Waals surface area contributed by atoms with Crippen LogP contribution in [-0.4, -0.2) is 105 Å². The molecule has 28 nitrogen and oxygen atoms in total. The number of ether oxygens (including phenoxy) is 1. The topological polar surface area (TPSA) is 464 Å². The Bertz CT molecular complexity index is 3470. The van der Waals surface area contributed by atoms with Crippen molar-refractivity contribution in [2.24, 2.45) is 20.5 Å². The molecule has 0 aliphatic carbocycles. The van der Waals surface area contributed by atoms with Crippen LogP contribution in [0.15, 0.2) is 87.4 Å². The summed E-state index contributed by atoms with van der Waals surface area (Å²) in [7, 11) is -35.9. The number of phenols is 1. The van der Waals surface area contributed by atoms with E-state index in [1.807, 2.05) is 0 Å². The van der Waals surface area contributed by atoms with Crippen molar-refractivity contribution in [1.29, 1.82) is 0 Å². The molecule has 0 saturated heterocycles. The number of anilines is 1. The van der Waals surface area contributed by atoms with Gasteiger partial charge in [0.2, 0.25) is 19.7 Å². The molecule has 0 saturated carbocycles. The Kier molecular flexibility index (Phi) is 14.4. The molecule has 35 heteroatoms. The van der Waals surface area contributed by atoms with Crippen LogP contribution in [0.1, 0.15) is 26.3 Å². The first-order chi connectivity index (χ1) is 28.9. The zero-order chi connectivity index (χ0) is 48.9. The Hall–Kier alpha value is -4.89. The summed E-state index contributed by atoms with van der Waals surface area (Å²) >= 11 is 0. The molecule has 64 heavy (non-hydrogen) atoms. The molecule has 0 amide bonds. The van der Waals surface area contributed by atoms with Crippen molar-refractivity contribution in [3.63, 3.8) is 0 Å². The van der Waals surface area contributed by atoms with E-state index in [1.54, 1.807) is 0 Å². The van der Waals surface area contributed by atoms with E-state index in [1.165, 1.54) is 6.92 Å². The van der Waals surface area contributed by atoms with Gasteiger partial charge in [-0.05, 0) is 62.2 Å². The highest BCUT2D eigenvalue weighted by molar-refractivity contribution is 7.93. The van der Waals surface area contributed by atoms with E-state index in [0.29, 0.717) is 31.2 Å². The molecule has 4 aromatic rings. The lowest BCUT2D eigenvalue weighted by molar-refractivity contribution is 0.250. The Morgan fingerprint density at radius 2 is 1.11 bits per heavy atom. The lowest BCUT2D eigenvalue weighted by Crippen LogP contribution is -2.25. The highest BCUT2D eigenvalue weighted by atomic mass is 32.3. The fourth-order valence-electron chi connectivity index (χ4n) is 5.48. The first-order valence-electron chi connectivity index (χ1n) is 16.5. The third-order valence-corrected chi connectivity index (χ3v) is 16.2. The first kappa shape index (κ1) is 51.7. The summed E-state index contributed by atoms with van der Waals surface area (Å²) in [6.07, 6.45) is -0.130. The maximum absolute atomic E-state index is 13.2. The number of hydrogen-bond acceptors (Lipinski definition) is 23. The molecule has 0 fully saturated rings. The number of azo groups is 2. The standard InChI is InChI=1S/C29H31N5O23S7/c1-5-15-8-20(22(55-4)12-23(15)59(38,39)14(3)57-64(52,53)54)32-34-27-25(61(43,44)45)11-18-17(28(27)35)10-21(26(30)29(18)62(46,47)48)33-31-19-7-6-16(9-24(19)60(40,41)42)58(36,37)13(2)56-63(49,50)51/h6-14,35H,5,30H2,1-4H3,(H,40,41,42)(H,43,44,45)(H,46,47,48)(H,49,50,51)(H,52,53,54)/b33-31+,34-32?. The quantitative estimate of drug-likeness (QED) is 0.0453. The number of benzene rings is 4. The van der Waals surface area contributed by atoms with Crippen LogP contribution >= 0.6 is 0 Å².